The first-order valence-corrected chi connectivity index (χ1v) is 5.44. The van der Waals surface area contributed by atoms with Crippen molar-refractivity contribution >= 4 is 17.6 Å². The van der Waals surface area contributed by atoms with E-state index in [-0.39, 0.29) is 16.9 Å². The number of anilines is 1. The predicted octanol–water partition coefficient (Wildman–Crippen LogP) is 2.31. The van der Waals surface area contributed by atoms with Gasteiger partial charge in [0.2, 0.25) is 5.95 Å². The predicted molar refractivity (Wildman–Crippen MR) is 65.5 cm³/mol. The molecule has 1 amide bonds. The van der Waals surface area contributed by atoms with Crippen molar-refractivity contribution in [2.24, 2.45) is 0 Å². The molecule has 0 aliphatic carbocycles. The number of rotatable bonds is 3. The van der Waals surface area contributed by atoms with E-state index in [1.54, 1.807) is 0 Å². The van der Waals surface area contributed by atoms with Crippen molar-refractivity contribution in [2.45, 2.75) is 0 Å². The normalized spacial score (nSPS) is 10.1. The minimum atomic E-state index is -1.33. The zero-order valence-electron chi connectivity index (χ0n) is 9.93. The Bertz CT molecular complexity index is 689. The highest BCUT2D eigenvalue weighted by Crippen LogP contribution is 2.18. The minimum absolute atomic E-state index is 0.228. The molecular formula is C13H8F2N2O3. The highest BCUT2D eigenvalue weighted by Gasteiger charge is 2.15. The molecule has 1 aromatic heterocycles. The lowest BCUT2D eigenvalue weighted by molar-refractivity contribution is 0.0698. The first-order valence-electron chi connectivity index (χ1n) is 5.44. The highest BCUT2D eigenvalue weighted by molar-refractivity contribution is 6.06. The van der Waals surface area contributed by atoms with E-state index in [0.717, 1.165) is 24.3 Å². The standard InChI is InChI=1S/C13H8F2N2O3/c14-7-4-5-8(13(19)20)10(6-7)17-12(18)9-2-1-3-11(15)16-9/h1-6H,(H,17,18)(H,19,20). The average molecular weight is 278 g/mol. The monoisotopic (exact) mass is 278 g/mol. The summed E-state index contributed by atoms with van der Waals surface area (Å²) in [4.78, 5) is 26.1. The van der Waals surface area contributed by atoms with E-state index in [0.29, 0.717) is 0 Å². The molecule has 20 heavy (non-hydrogen) atoms. The van der Waals surface area contributed by atoms with Crippen LogP contribution in [0, 0.1) is 11.8 Å². The van der Waals surface area contributed by atoms with Gasteiger partial charge in [-0.2, -0.15) is 4.39 Å². The molecule has 2 aromatic rings. The number of nitrogens with zero attached hydrogens (tertiary/aromatic N) is 1. The summed E-state index contributed by atoms with van der Waals surface area (Å²) in [5.41, 5.74) is -0.754. The molecule has 0 aliphatic heterocycles. The quantitative estimate of drug-likeness (QED) is 0.844. The van der Waals surface area contributed by atoms with Crippen LogP contribution in [-0.4, -0.2) is 22.0 Å². The Balaban J connectivity index is 2.32. The van der Waals surface area contributed by atoms with Crippen LogP contribution in [0.1, 0.15) is 20.8 Å². The van der Waals surface area contributed by atoms with E-state index in [1.165, 1.54) is 12.1 Å². The average Bonchev–Trinajstić information content (AvgIpc) is 2.38. The van der Waals surface area contributed by atoms with Crippen molar-refractivity contribution in [1.82, 2.24) is 4.98 Å². The maximum absolute atomic E-state index is 13.1. The molecule has 7 heteroatoms. The Hall–Kier alpha value is -2.83. The molecule has 2 rings (SSSR count). The van der Waals surface area contributed by atoms with E-state index in [9.17, 15) is 18.4 Å². The van der Waals surface area contributed by atoms with Crippen LogP contribution in [0.15, 0.2) is 36.4 Å². The molecule has 0 saturated carbocycles. The third-order valence-electron chi connectivity index (χ3n) is 2.41. The Kier molecular flexibility index (Phi) is 3.69. The fraction of sp³-hybridized carbons (Fsp3) is 0. The fourth-order valence-corrected chi connectivity index (χ4v) is 1.53. The second-order valence-corrected chi connectivity index (χ2v) is 3.79. The molecule has 0 radical (unpaired) electrons. The number of aromatic carboxylic acids is 1. The largest absolute Gasteiger partial charge is 0.478 e. The van der Waals surface area contributed by atoms with Gasteiger partial charge in [0.1, 0.15) is 11.5 Å². The van der Waals surface area contributed by atoms with Crippen molar-refractivity contribution in [3.8, 4) is 0 Å². The van der Waals surface area contributed by atoms with Crippen LogP contribution in [0.2, 0.25) is 0 Å². The van der Waals surface area contributed by atoms with Gasteiger partial charge in [-0.3, -0.25) is 4.79 Å². The summed E-state index contributed by atoms with van der Waals surface area (Å²) in [6, 6.07) is 6.42. The van der Waals surface area contributed by atoms with Crippen LogP contribution < -0.4 is 5.32 Å². The third kappa shape index (κ3) is 2.94. The number of carboxylic acids is 1. The number of carbonyl (C=O) groups is 2. The number of benzene rings is 1. The van der Waals surface area contributed by atoms with Gasteiger partial charge in [-0.15, -0.1) is 0 Å². The second kappa shape index (κ2) is 5.43. The van der Waals surface area contributed by atoms with E-state index in [1.807, 2.05) is 0 Å². The van der Waals surface area contributed by atoms with Gasteiger partial charge in [0.25, 0.3) is 5.91 Å². The Morgan fingerprint density at radius 1 is 1.15 bits per heavy atom. The molecule has 5 nitrogen and oxygen atoms in total. The summed E-state index contributed by atoms with van der Waals surface area (Å²) in [6.07, 6.45) is 0. The van der Waals surface area contributed by atoms with Crippen LogP contribution in [-0.2, 0) is 0 Å². The van der Waals surface area contributed by atoms with Crippen LogP contribution in [0.5, 0.6) is 0 Å². The number of amides is 1. The SMILES string of the molecule is O=C(Nc1cc(F)ccc1C(=O)O)c1cccc(F)n1. The number of hydrogen-bond donors (Lipinski definition) is 2. The Morgan fingerprint density at radius 3 is 2.55 bits per heavy atom. The van der Waals surface area contributed by atoms with E-state index in [2.05, 4.69) is 10.3 Å². The van der Waals surface area contributed by atoms with E-state index >= 15 is 0 Å². The summed E-state index contributed by atoms with van der Waals surface area (Å²) >= 11 is 0. The highest BCUT2D eigenvalue weighted by atomic mass is 19.1. The number of carboxylic acid groups (broad SMARTS) is 1. The second-order valence-electron chi connectivity index (χ2n) is 3.79. The van der Waals surface area contributed by atoms with Gasteiger partial charge in [0, 0.05) is 0 Å². The maximum Gasteiger partial charge on any atom is 0.337 e. The Labute approximate surface area is 111 Å². The third-order valence-corrected chi connectivity index (χ3v) is 2.41. The molecule has 1 aromatic carbocycles. The zero-order chi connectivity index (χ0) is 14.7. The van der Waals surface area contributed by atoms with Gasteiger partial charge in [0.15, 0.2) is 0 Å². The van der Waals surface area contributed by atoms with E-state index in [4.69, 9.17) is 5.11 Å². The summed E-state index contributed by atoms with van der Waals surface area (Å²) < 4.78 is 26.0. The number of halogens is 2. The van der Waals surface area contributed by atoms with Gasteiger partial charge in [-0.1, -0.05) is 6.07 Å². The first-order chi connectivity index (χ1) is 9.47. The summed E-state index contributed by atoms with van der Waals surface area (Å²) in [6.45, 7) is 0. The molecule has 0 saturated heterocycles. The van der Waals surface area contributed by atoms with Crippen molar-refractivity contribution in [3.63, 3.8) is 0 Å². The van der Waals surface area contributed by atoms with Crippen LogP contribution >= 0.6 is 0 Å². The van der Waals surface area contributed by atoms with Gasteiger partial charge in [0.05, 0.1) is 11.3 Å². The molecule has 1 heterocycles. The first kappa shape index (κ1) is 13.6. The molecule has 0 spiro atoms. The molecule has 0 atom stereocenters. The number of hydrogen-bond acceptors (Lipinski definition) is 3. The summed E-state index contributed by atoms with van der Waals surface area (Å²) in [5.74, 6) is -3.72. The maximum atomic E-state index is 13.1. The number of aromatic nitrogens is 1. The molecule has 0 bridgehead atoms. The molecule has 0 fully saturated rings. The molecule has 2 N–H and O–H groups in total. The van der Waals surface area contributed by atoms with Gasteiger partial charge in [-0.25, -0.2) is 14.2 Å². The minimum Gasteiger partial charge on any atom is -0.478 e. The van der Waals surface area contributed by atoms with Crippen LogP contribution in [0.3, 0.4) is 0 Å². The van der Waals surface area contributed by atoms with Gasteiger partial charge >= 0.3 is 5.97 Å². The number of nitrogens with one attached hydrogen (secondary N) is 1. The summed E-state index contributed by atoms with van der Waals surface area (Å²) in [5, 5.41) is 11.1. The lowest BCUT2D eigenvalue weighted by Crippen LogP contribution is -2.16. The van der Waals surface area contributed by atoms with Gasteiger partial charge in [-0.05, 0) is 30.3 Å². The fourth-order valence-electron chi connectivity index (χ4n) is 1.53. The van der Waals surface area contributed by atoms with Crippen molar-refractivity contribution in [1.29, 1.82) is 0 Å². The molecule has 0 aliphatic rings. The number of pyridine rings is 1. The summed E-state index contributed by atoms with van der Waals surface area (Å²) in [7, 11) is 0. The van der Waals surface area contributed by atoms with Crippen LogP contribution in [0.4, 0.5) is 14.5 Å². The zero-order valence-corrected chi connectivity index (χ0v) is 9.93. The van der Waals surface area contributed by atoms with Crippen molar-refractivity contribution < 1.29 is 23.5 Å². The van der Waals surface area contributed by atoms with Gasteiger partial charge < -0.3 is 10.4 Å². The van der Waals surface area contributed by atoms with E-state index < -0.39 is 23.6 Å². The molecule has 0 unspecified atom stereocenters. The lowest BCUT2D eigenvalue weighted by atomic mass is 10.1. The van der Waals surface area contributed by atoms with Crippen molar-refractivity contribution in [3.05, 3.63) is 59.4 Å². The van der Waals surface area contributed by atoms with Crippen molar-refractivity contribution in [2.75, 3.05) is 5.32 Å². The number of carbonyl (C=O) groups excluding carboxylic acids is 1. The molecular weight excluding hydrogens is 270 g/mol. The Morgan fingerprint density at radius 2 is 1.90 bits per heavy atom. The lowest BCUT2D eigenvalue weighted by Gasteiger charge is -2.08. The van der Waals surface area contributed by atoms with Crippen LogP contribution in [0.25, 0.3) is 0 Å². The smallest absolute Gasteiger partial charge is 0.337 e. The molecule has 102 valence electrons. The topological polar surface area (TPSA) is 79.3 Å².